The number of hydrogen-bond donors (Lipinski definition) is 0. The minimum atomic E-state index is 0.695. The fraction of sp³-hybridized carbons (Fsp3) is 0.500. The number of alkyl halides is 1. The van der Waals surface area contributed by atoms with Crippen LogP contribution in [0.2, 0.25) is 0 Å². The van der Waals surface area contributed by atoms with Crippen LogP contribution in [-0.4, -0.2) is 26.2 Å². The number of unbranched alkanes of at least 4 members (excludes halogenated alkanes) is 1. The minimum Gasteiger partial charge on any atom is -0.493 e. The Morgan fingerprint density at radius 2 is 1.81 bits per heavy atom. The lowest BCUT2D eigenvalue weighted by molar-refractivity contribution is 0.304. The first-order valence-electron chi connectivity index (χ1n) is 5.22. The predicted octanol–water partition coefficient (Wildman–Crippen LogP) is 3.26. The van der Waals surface area contributed by atoms with Gasteiger partial charge in [0.05, 0.1) is 20.8 Å². The molecule has 0 radical (unpaired) electrons. The average molecular weight is 289 g/mol. The molecule has 0 aromatic heterocycles. The van der Waals surface area contributed by atoms with Gasteiger partial charge >= 0.3 is 0 Å². The summed E-state index contributed by atoms with van der Waals surface area (Å²) in [5, 5.41) is 1.02. The van der Waals surface area contributed by atoms with Crippen molar-refractivity contribution in [2.75, 3.05) is 26.2 Å². The first-order chi connectivity index (χ1) is 7.81. The number of ether oxygens (including phenoxy) is 3. The van der Waals surface area contributed by atoms with Crippen molar-refractivity contribution in [2.24, 2.45) is 0 Å². The zero-order valence-electron chi connectivity index (χ0n) is 9.66. The van der Waals surface area contributed by atoms with Gasteiger partial charge in [-0.1, -0.05) is 15.9 Å². The van der Waals surface area contributed by atoms with E-state index in [0.29, 0.717) is 5.75 Å². The summed E-state index contributed by atoms with van der Waals surface area (Å²) in [6, 6.07) is 5.57. The van der Waals surface area contributed by atoms with Crippen LogP contribution in [0.25, 0.3) is 0 Å². The zero-order valence-corrected chi connectivity index (χ0v) is 11.2. The van der Waals surface area contributed by atoms with Gasteiger partial charge in [0.1, 0.15) is 5.75 Å². The highest BCUT2D eigenvalue weighted by Gasteiger charge is 2.04. The van der Waals surface area contributed by atoms with Gasteiger partial charge in [-0.15, -0.1) is 0 Å². The monoisotopic (exact) mass is 288 g/mol. The molecule has 0 fully saturated rings. The SMILES string of the molecule is COc1ccc(OCCCCBr)cc1OC. The molecule has 0 saturated heterocycles. The third-order valence-electron chi connectivity index (χ3n) is 2.15. The van der Waals surface area contributed by atoms with E-state index in [1.165, 1.54) is 0 Å². The summed E-state index contributed by atoms with van der Waals surface area (Å²) in [5.41, 5.74) is 0. The number of benzene rings is 1. The van der Waals surface area contributed by atoms with E-state index in [2.05, 4.69) is 15.9 Å². The van der Waals surface area contributed by atoms with E-state index in [1.54, 1.807) is 14.2 Å². The van der Waals surface area contributed by atoms with Crippen molar-refractivity contribution in [1.29, 1.82) is 0 Å². The lowest BCUT2D eigenvalue weighted by atomic mass is 10.3. The summed E-state index contributed by atoms with van der Waals surface area (Å²) in [5.74, 6) is 2.23. The van der Waals surface area contributed by atoms with Crippen molar-refractivity contribution in [2.45, 2.75) is 12.8 Å². The molecule has 0 aliphatic heterocycles. The summed E-state index contributed by atoms with van der Waals surface area (Å²) in [7, 11) is 3.24. The van der Waals surface area contributed by atoms with Crippen LogP contribution in [0, 0.1) is 0 Å². The molecule has 1 aromatic rings. The lowest BCUT2D eigenvalue weighted by Crippen LogP contribution is -1.98. The van der Waals surface area contributed by atoms with E-state index in [-0.39, 0.29) is 0 Å². The maximum Gasteiger partial charge on any atom is 0.164 e. The first-order valence-corrected chi connectivity index (χ1v) is 6.34. The van der Waals surface area contributed by atoms with Gasteiger partial charge in [0, 0.05) is 11.4 Å². The Morgan fingerprint density at radius 1 is 1.06 bits per heavy atom. The van der Waals surface area contributed by atoms with Crippen LogP contribution in [0.4, 0.5) is 0 Å². The molecule has 0 heterocycles. The van der Waals surface area contributed by atoms with Gasteiger partial charge in [0.25, 0.3) is 0 Å². The molecule has 90 valence electrons. The largest absolute Gasteiger partial charge is 0.493 e. The normalized spacial score (nSPS) is 9.94. The maximum absolute atomic E-state index is 5.59. The predicted molar refractivity (Wildman–Crippen MR) is 68.1 cm³/mol. The molecule has 0 unspecified atom stereocenters. The standard InChI is InChI=1S/C12H17BrO3/c1-14-11-6-5-10(9-12(11)15-2)16-8-4-3-7-13/h5-6,9H,3-4,7-8H2,1-2H3. The maximum atomic E-state index is 5.59. The second-order valence-corrected chi connectivity index (χ2v) is 4.05. The quantitative estimate of drug-likeness (QED) is 0.569. The van der Waals surface area contributed by atoms with Crippen LogP contribution in [-0.2, 0) is 0 Å². The van der Waals surface area contributed by atoms with E-state index >= 15 is 0 Å². The Kier molecular flexibility index (Phi) is 6.08. The van der Waals surface area contributed by atoms with Gasteiger partial charge in [-0.3, -0.25) is 0 Å². The molecule has 1 aromatic carbocycles. The van der Waals surface area contributed by atoms with Crippen LogP contribution in [0.5, 0.6) is 17.2 Å². The average Bonchev–Trinajstić information content (AvgIpc) is 2.34. The highest BCUT2D eigenvalue weighted by Crippen LogP contribution is 2.30. The fourth-order valence-corrected chi connectivity index (χ4v) is 1.69. The summed E-state index contributed by atoms with van der Waals surface area (Å²) in [4.78, 5) is 0. The molecule has 0 atom stereocenters. The Hall–Kier alpha value is -0.900. The lowest BCUT2D eigenvalue weighted by Gasteiger charge is -2.10. The fourth-order valence-electron chi connectivity index (χ4n) is 1.29. The molecule has 1 rings (SSSR count). The Bertz CT molecular complexity index is 315. The number of methoxy groups -OCH3 is 2. The smallest absolute Gasteiger partial charge is 0.164 e. The molecule has 0 aliphatic carbocycles. The highest BCUT2D eigenvalue weighted by atomic mass is 79.9. The second kappa shape index (κ2) is 7.39. The van der Waals surface area contributed by atoms with Crippen molar-refractivity contribution >= 4 is 15.9 Å². The van der Waals surface area contributed by atoms with Crippen molar-refractivity contribution in [3.8, 4) is 17.2 Å². The number of rotatable bonds is 7. The third-order valence-corrected chi connectivity index (χ3v) is 2.71. The van der Waals surface area contributed by atoms with Crippen LogP contribution in [0.1, 0.15) is 12.8 Å². The molecule has 16 heavy (non-hydrogen) atoms. The van der Waals surface area contributed by atoms with Gasteiger partial charge in [0.2, 0.25) is 0 Å². The second-order valence-electron chi connectivity index (χ2n) is 3.26. The van der Waals surface area contributed by atoms with Crippen LogP contribution in [0.3, 0.4) is 0 Å². The highest BCUT2D eigenvalue weighted by molar-refractivity contribution is 9.09. The van der Waals surface area contributed by atoms with Gasteiger partial charge in [-0.2, -0.15) is 0 Å². The van der Waals surface area contributed by atoms with Gasteiger partial charge in [-0.25, -0.2) is 0 Å². The molecule has 0 bridgehead atoms. The first kappa shape index (κ1) is 13.2. The summed E-state index contributed by atoms with van der Waals surface area (Å²) in [6.45, 7) is 0.723. The van der Waals surface area contributed by atoms with Gasteiger partial charge < -0.3 is 14.2 Å². The van der Waals surface area contributed by atoms with E-state index < -0.39 is 0 Å². The molecule has 0 N–H and O–H groups in total. The molecular formula is C12H17BrO3. The Morgan fingerprint density at radius 3 is 2.44 bits per heavy atom. The van der Waals surface area contributed by atoms with E-state index in [9.17, 15) is 0 Å². The number of halogens is 1. The molecule has 4 heteroatoms. The molecule has 0 saturated carbocycles. The number of hydrogen-bond acceptors (Lipinski definition) is 3. The Balaban J connectivity index is 2.54. The van der Waals surface area contributed by atoms with Crippen molar-refractivity contribution < 1.29 is 14.2 Å². The zero-order chi connectivity index (χ0) is 11.8. The van der Waals surface area contributed by atoms with Gasteiger partial charge in [-0.05, 0) is 25.0 Å². The Labute approximate surface area is 105 Å². The minimum absolute atomic E-state index is 0.695. The third kappa shape index (κ3) is 3.93. The van der Waals surface area contributed by atoms with Crippen LogP contribution in [0.15, 0.2) is 18.2 Å². The van der Waals surface area contributed by atoms with Crippen molar-refractivity contribution in [1.82, 2.24) is 0 Å². The van der Waals surface area contributed by atoms with E-state index in [0.717, 1.165) is 36.3 Å². The topological polar surface area (TPSA) is 27.7 Å². The van der Waals surface area contributed by atoms with E-state index in [4.69, 9.17) is 14.2 Å². The molecule has 3 nitrogen and oxygen atoms in total. The van der Waals surface area contributed by atoms with Crippen molar-refractivity contribution in [3.05, 3.63) is 18.2 Å². The summed E-state index contributed by atoms with van der Waals surface area (Å²) in [6.07, 6.45) is 2.16. The van der Waals surface area contributed by atoms with Crippen LogP contribution < -0.4 is 14.2 Å². The summed E-state index contributed by atoms with van der Waals surface area (Å²) < 4.78 is 15.9. The molecule has 0 amide bonds. The molecular weight excluding hydrogens is 272 g/mol. The van der Waals surface area contributed by atoms with Crippen molar-refractivity contribution in [3.63, 3.8) is 0 Å². The molecule has 0 aliphatic rings. The summed E-state index contributed by atoms with van der Waals surface area (Å²) >= 11 is 3.39. The van der Waals surface area contributed by atoms with Crippen LogP contribution >= 0.6 is 15.9 Å². The molecule has 0 spiro atoms. The van der Waals surface area contributed by atoms with Gasteiger partial charge in [0.15, 0.2) is 11.5 Å². The van der Waals surface area contributed by atoms with E-state index in [1.807, 2.05) is 18.2 Å².